The van der Waals surface area contributed by atoms with Crippen LogP contribution in [0.4, 0.5) is 10.5 Å². The minimum Gasteiger partial charge on any atom is -0.486 e. The van der Waals surface area contributed by atoms with Crippen molar-refractivity contribution in [1.29, 1.82) is 0 Å². The minimum atomic E-state index is -0.394. The topological polar surface area (TPSA) is 79.9 Å². The first-order valence-corrected chi connectivity index (χ1v) is 10.3. The Labute approximate surface area is 185 Å². The van der Waals surface area contributed by atoms with E-state index in [2.05, 4.69) is 10.6 Å². The SMILES string of the molecule is CCN(CC(=O)Nc1c(Cl)cccc1Cl)C(=O)N[C@@H](C)c1ccc2c(c1)OCCO2. The molecule has 1 atom stereocenters. The van der Waals surface area contributed by atoms with Gasteiger partial charge in [0.15, 0.2) is 11.5 Å². The highest BCUT2D eigenvalue weighted by atomic mass is 35.5. The van der Waals surface area contributed by atoms with Crippen molar-refractivity contribution in [2.45, 2.75) is 19.9 Å². The maximum atomic E-state index is 12.7. The van der Waals surface area contributed by atoms with Gasteiger partial charge in [-0.1, -0.05) is 35.3 Å². The van der Waals surface area contributed by atoms with Crippen molar-refractivity contribution in [3.63, 3.8) is 0 Å². The molecule has 0 saturated heterocycles. The first-order chi connectivity index (χ1) is 14.4. The molecule has 2 aromatic carbocycles. The molecule has 3 rings (SSSR count). The third kappa shape index (κ3) is 5.29. The lowest BCUT2D eigenvalue weighted by Crippen LogP contribution is -2.44. The number of ether oxygens (including phenoxy) is 2. The highest BCUT2D eigenvalue weighted by molar-refractivity contribution is 6.39. The number of anilines is 1. The van der Waals surface area contributed by atoms with Crippen LogP contribution in [0.25, 0.3) is 0 Å². The summed E-state index contributed by atoms with van der Waals surface area (Å²) in [7, 11) is 0. The van der Waals surface area contributed by atoms with Gasteiger partial charge < -0.3 is 25.0 Å². The predicted octanol–water partition coefficient (Wildman–Crippen LogP) is 4.50. The molecular formula is C21H23Cl2N3O4. The third-order valence-electron chi connectivity index (χ3n) is 4.64. The Balaban J connectivity index is 1.61. The lowest BCUT2D eigenvalue weighted by Gasteiger charge is -2.25. The second-order valence-corrected chi connectivity index (χ2v) is 7.55. The normalized spacial score (nSPS) is 13.3. The van der Waals surface area contributed by atoms with Crippen LogP contribution in [0.5, 0.6) is 11.5 Å². The Kier molecular flexibility index (Phi) is 7.29. The summed E-state index contributed by atoms with van der Waals surface area (Å²) in [5.41, 5.74) is 1.20. The molecule has 30 heavy (non-hydrogen) atoms. The maximum Gasteiger partial charge on any atom is 0.318 e. The summed E-state index contributed by atoms with van der Waals surface area (Å²) in [6.45, 7) is 4.88. The van der Waals surface area contributed by atoms with E-state index in [0.717, 1.165) is 5.56 Å². The fraction of sp³-hybridized carbons (Fsp3) is 0.333. The molecule has 1 heterocycles. The van der Waals surface area contributed by atoms with Crippen molar-refractivity contribution in [2.75, 3.05) is 31.6 Å². The molecule has 0 fully saturated rings. The van der Waals surface area contributed by atoms with Gasteiger partial charge in [-0.2, -0.15) is 0 Å². The highest BCUT2D eigenvalue weighted by Crippen LogP contribution is 2.32. The van der Waals surface area contributed by atoms with Gasteiger partial charge in [-0.25, -0.2) is 4.79 Å². The van der Waals surface area contributed by atoms with Crippen LogP contribution in [0, 0.1) is 0 Å². The molecule has 3 amide bonds. The Morgan fingerprint density at radius 3 is 2.43 bits per heavy atom. The Morgan fingerprint density at radius 1 is 1.10 bits per heavy atom. The number of halogens is 2. The molecular weight excluding hydrogens is 429 g/mol. The molecule has 0 spiro atoms. The second kappa shape index (κ2) is 9.91. The van der Waals surface area contributed by atoms with E-state index in [-0.39, 0.29) is 18.6 Å². The summed E-state index contributed by atoms with van der Waals surface area (Å²) in [5.74, 6) is 0.950. The number of carbonyl (C=O) groups excluding carboxylic acids is 2. The first kappa shape index (κ1) is 22.1. The van der Waals surface area contributed by atoms with Crippen LogP contribution in [0.2, 0.25) is 10.0 Å². The molecule has 1 aliphatic rings. The summed E-state index contributed by atoms with van der Waals surface area (Å²) >= 11 is 12.2. The molecule has 0 aromatic heterocycles. The zero-order chi connectivity index (χ0) is 21.7. The van der Waals surface area contributed by atoms with Gasteiger partial charge >= 0.3 is 6.03 Å². The van der Waals surface area contributed by atoms with Crippen LogP contribution in [-0.4, -0.2) is 43.1 Å². The van der Waals surface area contributed by atoms with Gasteiger partial charge in [-0.05, 0) is 43.7 Å². The number of hydrogen-bond donors (Lipinski definition) is 2. The molecule has 0 bridgehead atoms. The summed E-state index contributed by atoms with van der Waals surface area (Å²) in [4.78, 5) is 26.5. The highest BCUT2D eigenvalue weighted by Gasteiger charge is 2.20. The number of benzene rings is 2. The van der Waals surface area contributed by atoms with Crippen LogP contribution in [0.1, 0.15) is 25.5 Å². The van der Waals surface area contributed by atoms with Gasteiger partial charge in [0.1, 0.15) is 19.8 Å². The van der Waals surface area contributed by atoms with Gasteiger partial charge in [0.05, 0.1) is 21.8 Å². The molecule has 7 nitrogen and oxygen atoms in total. The van der Waals surface area contributed by atoms with Gasteiger partial charge in [-0.3, -0.25) is 4.79 Å². The van der Waals surface area contributed by atoms with Gasteiger partial charge in [0.2, 0.25) is 5.91 Å². The molecule has 160 valence electrons. The average Bonchev–Trinajstić information content (AvgIpc) is 2.74. The number of carbonyl (C=O) groups is 2. The number of hydrogen-bond acceptors (Lipinski definition) is 4. The van der Waals surface area contributed by atoms with E-state index in [4.69, 9.17) is 32.7 Å². The number of likely N-dealkylation sites (N-methyl/N-ethyl adjacent to an activating group) is 1. The zero-order valence-electron chi connectivity index (χ0n) is 16.7. The van der Waals surface area contributed by atoms with E-state index in [1.807, 2.05) is 25.1 Å². The number of rotatable bonds is 6. The van der Waals surface area contributed by atoms with Gasteiger partial charge in [0.25, 0.3) is 0 Å². The van der Waals surface area contributed by atoms with E-state index in [0.29, 0.717) is 47.0 Å². The van der Waals surface area contributed by atoms with E-state index in [1.54, 1.807) is 25.1 Å². The van der Waals surface area contributed by atoms with Crippen molar-refractivity contribution < 1.29 is 19.1 Å². The Morgan fingerprint density at radius 2 is 1.77 bits per heavy atom. The lowest BCUT2D eigenvalue weighted by atomic mass is 10.1. The van der Waals surface area contributed by atoms with Crippen molar-refractivity contribution in [3.8, 4) is 11.5 Å². The maximum absolute atomic E-state index is 12.7. The van der Waals surface area contributed by atoms with Gasteiger partial charge in [-0.15, -0.1) is 0 Å². The lowest BCUT2D eigenvalue weighted by molar-refractivity contribution is -0.116. The standard InChI is InChI=1S/C21H23Cl2N3O4/c1-3-26(12-19(27)25-20-15(22)5-4-6-16(20)23)21(28)24-13(2)14-7-8-17-18(11-14)30-10-9-29-17/h4-8,11,13H,3,9-10,12H2,1-2H3,(H,24,28)(H,25,27)/t13-/m0/s1. The van der Waals surface area contributed by atoms with Crippen molar-refractivity contribution in [1.82, 2.24) is 10.2 Å². The van der Waals surface area contributed by atoms with E-state index >= 15 is 0 Å². The molecule has 9 heteroatoms. The number of para-hydroxylation sites is 1. The number of nitrogens with one attached hydrogen (secondary N) is 2. The summed E-state index contributed by atoms with van der Waals surface area (Å²) in [5, 5.41) is 6.23. The molecule has 0 saturated carbocycles. The molecule has 0 aliphatic carbocycles. The Hall–Kier alpha value is -2.64. The second-order valence-electron chi connectivity index (χ2n) is 6.73. The fourth-order valence-corrected chi connectivity index (χ4v) is 3.48. The fourth-order valence-electron chi connectivity index (χ4n) is 2.99. The smallest absolute Gasteiger partial charge is 0.318 e. The van der Waals surface area contributed by atoms with E-state index in [1.165, 1.54) is 4.90 Å². The van der Waals surface area contributed by atoms with E-state index < -0.39 is 5.91 Å². The number of nitrogens with zero attached hydrogens (tertiary/aromatic N) is 1. The van der Waals surface area contributed by atoms with Gasteiger partial charge in [0, 0.05) is 6.54 Å². The van der Waals surface area contributed by atoms with Crippen LogP contribution in [0.3, 0.4) is 0 Å². The van der Waals surface area contributed by atoms with Crippen molar-refractivity contribution >= 4 is 40.8 Å². The number of urea groups is 1. The van der Waals surface area contributed by atoms with Crippen molar-refractivity contribution in [2.24, 2.45) is 0 Å². The number of fused-ring (bicyclic) bond motifs is 1. The largest absolute Gasteiger partial charge is 0.486 e. The molecule has 2 aromatic rings. The quantitative estimate of drug-likeness (QED) is 0.677. The molecule has 0 unspecified atom stereocenters. The monoisotopic (exact) mass is 451 g/mol. The van der Waals surface area contributed by atoms with Crippen LogP contribution < -0.4 is 20.1 Å². The summed E-state index contributed by atoms with van der Waals surface area (Å²) in [6.07, 6.45) is 0. The molecule has 2 N–H and O–H groups in total. The Bertz CT molecular complexity index is 918. The summed E-state index contributed by atoms with van der Waals surface area (Å²) in [6, 6.07) is 9.84. The minimum absolute atomic E-state index is 0.141. The predicted molar refractivity (Wildman–Crippen MR) is 117 cm³/mol. The van der Waals surface area contributed by atoms with E-state index in [9.17, 15) is 9.59 Å². The third-order valence-corrected chi connectivity index (χ3v) is 5.27. The van der Waals surface area contributed by atoms with Crippen LogP contribution in [-0.2, 0) is 4.79 Å². The van der Waals surface area contributed by atoms with Crippen molar-refractivity contribution in [3.05, 3.63) is 52.0 Å². The zero-order valence-corrected chi connectivity index (χ0v) is 18.2. The molecule has 0 radical (unpaired) electrons. The molecule has 1 aliphatic heterocycles. The van der Waals surface area contributed by atoms with Crippen LogP contribution in [0.15, 0.2) is 36.4 Å². The number of amides is 3. The summed E-state index contributed by atoms with van der Waals surface area (Å²) < 4.78 is 11.1. The first-order valence-electron chi connectivity index (χ1n) is 9.58. The average molecular weight is 452 g/mol. The van der Waals surface area contributed by atoms with Crippen LogP contribution >= 0.6 is 23.2 Å².